The van der Waals surface area contributed by atoms with Gasteiger partial charge in [0.2, 0.25) is 5.91 Å². The lowest BCUT2D eigenvalue weighted by Crippen LogP contribution is -2.37. The Morgan fingerprint density at radius 1 is 1.20 bits per heavy atom. The molecule has 0 fully saturated rings. The summed E-state index contributed by atoms with van der Waals surface area (Å²) in [6, 6.07) is 7.28. The molecule has 1 rings (SSSR count). The number of carbonyl (C=O) groups is 2. The number of hydrogen-bond donors (Lipinski definition) is 2. The van der Waals surface area contributed by atoms with Crippen molar-refractivity contribution >= 4 is 11.8 Å². The van der Waals surface area contributed by atoms with Crippen molar-refractivity contribution in [3.63, 3.8) is 0 Å². The highest BCUT2D eigenvalue weighted by Gasteiger charge is 2.09. The zero-order chi connectivity index (χ0) is 14.8. The molecule has 0 aliphatic rings. The fourth-order valence-electron chi connectivity index (χ4n) is 1.69. The molecule has 0 aromatic heterocycles. The first-order chi connectivity index (χ1) is 9.65. The Kier molecular flexibility index (Phi) is 7.35. The van der Waals surface area contributed by atoms with E-state index in [1.807, 2.05) is 26.0 Å². The van der Waals surface area contributed by atoms with Gasteiger partial charge >= 0.3 is 0 Å². The fraction of sp³-hybridized carbons (Fsp3) is 0.467. The highest BCUT2D eigenvalue weighted by Crippen LogP contribution is 2.05. The van der Waals surface area contributed by atoms with Gasteiger partial charge in [-0.05, 0) is 31.9 Å². The number of amides is 2. The predicted molar refractivity (Wildman–Crippen MR) is 77.6 cm³/mol. The van der Waals surface area contributed by atoms with E-state index in [0.29, 0.717) is 25.3 Å². The largest absolute Gasteiger partial charge is 0.382 e. The molecule has 5 nitrogen and oxygen atoms in total. The number of aryl methyl sites for hydroxylation is 1. The lowest BCUT2D eigenvalue weighted by Gasteiger charge is -2.08. The van der Waals surface area contributed by atoms with Crippen molar-refractivity contribution in [1.29, 1.82) is 0 Å². The van der Waals surface area contributed by atoms with Gasteiger partial charge in [-0.2, -0.15) is 0 Å². The second-order valence-corrected chi connectivity index (χ2v) is 4.40. The van der Waals surface area contributed by atoms with Crippen LogP contribution in [0, 0.1) is 6.92 Å². The minimum absolute atomic E-state index is 0.0121. The molecule has 0 spiro atoms. The van der Waals surface area contributed by atoms with Crippen LogP contribution in [-0.2, 0) is 9.53 Å². The van der Waals surface area contributed by atoms with E-state index in [9.17, 15) is 9.59 Å². The molecule has 0 heterocycles. The van der Waals surface area contributed by atoms with E-state index in [0.717, 1.165) is 12.0 Å². The molecule has 0 aliphatic heterocycles. The second kappa shape index (κ2) is 9.09. The van der Waals surface area contributed by atoms with Gasteiger partial charge in [-0.1, -0.05) is 18.2 Å². The third kappa shape index (κ3) is 5.84. The summed E-state index contributed by atoms with van der Waals surface area (Å²) in [5, 5.41) is 5.34. The van der Waals surface area contributed by atoms with E-state index in [-0.39, 0.29) is 18.4 Å². The summed E-state index contributed by atoms with van der Waals surface area (Å²) in [4.78, 5) is 23.4. The van der Waals surface area contributed by atoms with Gasteiger partial charge in [0.15, 0.2) is 0 Å². The number of benzene rings is 1. The number of carbonyl (C=O) groups excluding carboxylic acids is 2. The monoisotopic (exact) mass is 278 g/mol. The Labute approximate surface area is 119 Å². The van der Waals surface area contributed by atoms with Crippen molar-refractivity contribution in [3.05, 3.63) is 35.4 Å². The summed E-state index contributed by atoms with van der Waals surface area (Å²) in [6.45, 7) is 5.65. The molecule has 1 aromatic rings. The van der Waals surface area contributed by atoms with E-state index in [4.69, 9.17) is 4.74 Å². The quantitative estimate of drug-likeness (QED) is 0.704. The van der Waals surface area contributed by atoms with Crippen molar-refractivity contribution in [2.24, 2.45) is 0 Å². The summed E-state index contributed by atoms with van der Waals surface area (Å²) >= 11 is 0. The lowest BCUT2D eigenvalue weighted by molar-refractivity contribution is -0.120. The fourth-order valence-corrected chi connectivity index (χ4v) is 1.69. The third-order valence-corrected chi connectivity index (χ3v) is 2.79. The average Bonchev–Trinajstić information content (AvgIpc) is 2.45. The minimum atomic E-state index is -0.229. The van der Waals surface area contributed by atoms with Crippen LogP contribution in [0.4, 0.5) is 0 Å². The van der Waals surface area contributed by atoms with E-state index in [1.54, 1.807) is 12.1 Å². The Morgan fingerprint density at radius 3 is 2.65 bits per heavy atom. The van der Waals surface area contributed by atoms with Gasteiger partial charge in [0.1, 0.15) is 0 Å². The Bertz CT molecular complexity index is 446. The van der Waals surface area contributed by atoms with E-state index >= 15 is 0 Å². The van der Waals surface area contributed by atoms with E-state index in [1.165, 1.54) is 0 Å². The first kappa shape index (κ1) is 16.2. The smallest absolute Gasteiger partial charge is 0.251 e. The van der Waals surface area contributed by atoms with Crippen LogP contribution in [0.15, 0.2) is 24.3 Å². The molecule has 2 amide bonds. The predicted octanol–water partition coefficient (Wildman–Crippen LogP) is 1.27. The first-order valence-electron chi connectivity index (χ1n) is 6.83. The molecule has 0 saturated carbocycles. The lowest BCUT2D eigenvalue weighted by atomic mass is 10.1. The molecule has 0 saturated heterocycles. The molecule has 0 radical (unpaired) electrons. The Morgan fingerprint density at radius 2 is 1.95 bits per heavy atom. The van der Waals surface area contributed by atoms with Crippen LogP contribution in [0.2, 0.25) is 0 Å². The molecule has 0 atom stereocenters. The molecule has 1 aromatic carbocycles. The minimum Gasteiger partial charge on any atom is -0.382 e. The maximum atomic E-state index is 11.9. The zero-order valence-corrected chi connectivity index (χ0v) is 12.1. The van der Waals surface area contributed by atoms with Crippen molar-refractivity contribution in [2.75, 3.05) is 26.3 Å². The van der Waals surface area contributed by atoms with Gasteiger partial charge in [0, 0.05) is 25.3 Å². The van der Waals surface area contributed by atoms with Gasteiger partial charge < -0.3 is 15.4 Å². The van der Waals surface area contributed by atoms with E-state index in [2.05, 4.69) is 10.6 Å². The molecule has 0 aliphatic carbocycles. The highest BCUT2D eigenvalue weighted by atomic mass is 16.5. The summed E-state index contributed by atoms with van der Waals surface area (Å²) in [7, 11) is 0. The second-order valence-electron chi connectivity index (χ2n) is 4.40. The molecule has 5 heteroatoms. The Hall–Kier alpha value is -1.88. The van der Waals surface area contributed by atoms with E-state index < -0.39 is 0 Å². The molecule has 0 unspecified atom stereocenters. The van der Waals surface area contributed by atoms with Crippen LogP contribution in [0.1, 0.15) is 29.3 Å². The average molecular weight is 278 g/mol. The maximum Gasteiger partial charge on any atom is 0.251 e. The molecule has 0 bridgehead atoms. The SMILES string of the molecule is CCOCCCNC(=O)CNC(=O)c1ccccc1C. The van der Waals surface area contributed by atoms with Crippen molar-refractivity contribution in [1.82, 2.24) is 10.6 Å². The molecule has 2 N–H and O–H groups in total. The van der Waals surface area contributed by atoms with Gasteiger partial charge in [-0.15, -0.1) is 0 Å². The van der Waals surface area contributed by atoms with Crippen LogP contribution >= 0.6 is 0 Å². The van der Waals surface area contributed by atoms with Crippen LogP contribution in [0.25, 0.3) is 0 Å². The summed E-state index contributed by atoms with van der Waals surface area (Å²) in [6.07, 6.45) is 0.769. The summed E-state index contributed by atoms with van der Waals surface area (Å²) in [5.74, 6) is -0.420. The number of ether oxygens (including phenoxy) is 1. The van der Waals surface area contributed by atoms with Crippen LogP contribution in [0.3, 0.4) is 0 Å². The normalized spacial score (nSPS) is 10.1. The van der Waals surface area contributed by atoms with Crippen LogP contribution in [0.5, 0.6) is 0 Å². The standard InChI is InChI=1S/C15H22N2O3/c1-3-20-10-6-9-16-14(18)11-17-15(19)13-8-5-4-7-12(13)2/h4-5,7-8H,3,6,9-11H2,1-2H3,(H,16,18)(H,17,19). The number of hydrogen-bond acceptors (Lipinski definition) is 3. The zero-order valence-electron chi connectivity index (χ0n) is 12.1. The van der Waals surface area contributed by atoms with Gasteiger partial charge in [-0.25, -0.2) is 0 Å². The highest BCUT2D eigenvalue weighted by molar-refractivity contribution is 5.97. The first-order valence-corrected chi connectivity index (χ1v) is 6.83. The molecule has 110 valence electrons. The summed E-state index contributed by atoms with van der Waals surface area (Å²) in [5.41, 5.74) is 1.48. The van der Waals surface area contributed by atoms with Crippen molar-refractivity contribution in [2.45, 2.75) is 20.3 Å². The molecular formula is C15H22N2O3. The van der Waals surface area contributed by atoms with Gasteiger partial charge in [0.05, 0.1) is 6.54 Å². The van der Waals surface area contributed by atoms with Gasteiger partial charge in [0.25, 0.3) is 5.91 Å². The van der Waals surface area contributed by atoms with Crippen molar-refractivity contribution < 1.29 is 14.3 Å². The maximum absolute atomic E-state index is 11.9. The number of nitrogens with one attached hydrogen (secondary N) is 2. The third-order valence-electron chi connectivity index (χ3n) is 2.79. The van der Waals surface area contributed by atoms with Gasteiger partial charge in [-0.3, -0.25) is 9.59 Å². The Balaban J connectivity index is 2.24. The number of rotatable bonds is 8. The van der Waals surface area contributed by atoms with Crippen LogP contribution < -0.4 is 10.6 Å². The molecular weight excluding hydrogens is 256 g/mol. The summed E-state index contributed by atoms with van der Waals surface area (Å²) < 4.78 is 5.16. The van der Waals surface area contributed by atoms with Crippen LogP contribution in [-0.4, -0.2) is 38.1 Å². The topological polar surface area (TPSA) is 67.4 Å². The molecule has 20 heavy (non-hydrogen) atoms. The van der Waals surface area contributed by atoms with Crippen molar-refractivity contribution in [3.8, 4) is 0 Å².